The minimum atomic E-state index is 0.612. The molecule has 1 aromatic carbocycles. The summed E-state index contributed by atoms with van der Waals surface area (Å²) in [6.07, 6.45) is 5.99. The number of halogens is 1. The molecular weight excluding hydrogens is 284 g/mol. The third-order valence-electron chi connectivity index (χ3n) is 3.95. The molecule has 1 saturated carbocycles. The average molecular weight is 307 g/mol. The highest BCUT2D eigenvalue weighted by Gasteiger charge is 2.21. The Balaban J connectivity index is 1.77. The lowest BCUT2D eigenvalue weighted by Gasteiger charge is -2.06. The number of hydrogen-bond acceptors (Lipinski definition) is 2. The van der Waals surface area contributed by atoms with E-state index in [1.54, 1.807) is 0 Å². The number of benzene rings is 1. The average Bonchev–Trinajstić information content (AvgIpc) is 3.23. The molecule has 1 fully saturated rings. The smallest absolute Gasteiger partial charge is 0.122 e. The molecule has 0 bridgehead atoms. The van der Waals surface area contributed by atoms with Gasteiger partial charge in [-0.25, -0.2) is 0 Å². The van der Waals surface area contributed by atoms with Crippen molar-refractivity contribution in [2.75, 3.05) is 13.2 Å². The lowest BCUT2D eigenvalue weighted by atomic mass is 10.2. The summed E-state index contributed by atoms with van der Waals surface area (Å²) in [7, 11) is 0. The number of nitrogens with zero attached hydrogens (tertiary/aromatic N) is 1. The standard InChI is InChI=1S/C17H23ClN2O/c1-2-7-19-9-14-10-20(12-21-11-13-3-4-13)17-8-15(18)5-6-16(14)17/h5-6,8,10,13,19H,2-4,7,9,11-12H2,1H3. The van der Waals surface area contributed by atoms with Crippen molar-refractivity contribution in [3.63, 3.8) is 0 Å². The van der Waals surface area contributed by atoms with Crippen molar-refractivity contribution in [1.82, 2.24) is 9.88 Å². The Hall–Kier alpha value is -1.03. The molecule has 4 heteroatoms. The lowest BCUT2D eigenvalue weighted by molar-refractivity contribution is 0.0717. The summed E-state index contributed by atoms with van der Waals surface area (Å²) in [5, 5.41) is 5.51. The second kappa shape index (κ2) is 6.82. The van der Waals surface area contributed by atoms with Gasteiger partial charge in [-0.3, -0.25) is 0 Å². The fourth-order valence-corrected chi connectivity index (χ4v) is 2.76. The van der Waals surface area contributed by atoms with Crippen molar-refractivity contribution < 1.29 is 4.74 Å². The SMILES string of the molecule is CCCNCc1cn(COCC2CC2)c2cc(Cl)ccc12. The number of hydrogen-bond donors (Lipinski definition) is 1. The fraction of sp³-hybridized carbons (Fsp3) is 0.529. The second-order valence-corrected chi connectivity index (χ2v) is 6.34. The van der Waals surface area contributed by atoms with Crippen molar-refractivity contribution in [2.45, 2.75) is 39.5 Å². The zero-order chi connectivity index (χ0) is 14.7. The molecule has 1 N–H and O–H groups in total. The molecule has 0 radical (unpaired) electrons. The van der Waals surface area contributed by atoms with E-state index in [9.17, 15) is 0 Å². The molecule has 21 heavy (non-hydrogen) atoms. The summed E-state index contributed by atoms with van der Waals surface area (Å²) >= 11 is 6.15. The van der Waals surface area contributed by atoms with Crippen molar-refractivity contribution in [1.29, 1.82) is 0 Å². The Kier molecular flexibility index (Phi) is 4.84. The van der Waals surface area contributed by atoms with Crippen LogP contribution in [-0.4, -0.2) is 17.7 Å². The molecule has 0 atom stereocenters. The number of fused-ring (bicyclic) bond motifs is 1. The number of ether oxygens (including phenoxy) is 1. The van der Waals surface area contributed by atoms with Crippen molar-refractivity contribution in [3.8, 4) is 0 Å². The largest absolute Gasteiger partial charge is 0.360 e. The van der Waals surface area contributed by atoms with Crippen LogP contribution in [-0.2, 0) is 18.0 Å². The molecular formula is C17H23ClN2O. The maximum absolute atomic E-state index is 6.15. The van der Waals surface area contributed by atoms with E-state index in [-0.39, 0.29) is 0 Å². The van der Waals surface area contributed by atoms with E-state index in [0.717, 1.165) is 42.6 Å². The molecule has 3 rings (SSSR count). The fourth-order valence-electron chi connectivity index (χ4n) is 2.59. The Bertz CT molecular complexity index is 604. The third kappa shape index (κ3) is 3.79. The van der Waals surface area contributed by atoms with E-state index in [1.807, 2.05) is 12.1 Å². The summed E-state index contributed by atoms with van der Waals surface area (Å²) in [6, 6.07) is 6.10. The van der Waals surface area contributed by atoms with Crippen molar-refractivity contribution in [3.05, 3.63) is 35.0 Å². The molecule has 0 spiro atoms. The molecule has 0 unspecified atom stereocenters. The Labute approximate surface area is 131 Å². The van der Waals surface area contributed by atoms with Crippen LogP contribution in [0, 0.1) is 5.92 Å². The van der Waals surface area contributed by atoms with Gasteiger partial charge >= 0.3 is 0 Å². The van der Waals surface area contributed by atoms with E-state index in [2.05, 4.69) is 29.1 Å². The van der Waals surface area contributed by atoms with Crippen LogP contribution in [0.5, 0.6) is 0 Å². The minimum absolute atomic E-state index is 0.612. The molecule has 0 amide bonds. The van der Waals surface area contributed by atoms with Crippen LogP contribution < -0.4 is 5.32 Å². The molecule has 1 aliphatic rings. The summed E-state index contributed by atoms with van der Waals surface area (Å²) in [5.74, 6) is 0.793. The van der Waals surface area contributed by atoms with Gasteiger partial charge in [0.05, 0.1) is 12.1 Å². The van der Waals surface area contributed by atoms with Gasteiger partial charge in [0, 0.05) is 23.2 Å². The molecule has 2 aromatic rings. The molecule has 114 valence electrons. The van der Waals surface area contributed by atoms with Gasteiger partial charge in [0.25, 0.3) is 0 Å². The van der Waals surface area contributed by atoms with Gasteiger partial charge in [-0.15, -0.1) is 0 Å². The topological polar surface area (TPSA) is 26.2 Å². The Morgan fingerprint density at radius 1 is 1.38 bits per heavy atom. The number of nitrogens with one attached hydrogen (secondary N) is 1. The molecule has 1 aliphatic carbocycles. The minimum Gasteiger partial charge on any atom is -0.360 e. The third-order valence-corrected chi connectivity index (χ3v) is 4.19. The summed E-state index contributed by atoms with van der Waals surface area (Å²) in [5.41, 5.74) is 2.47. The number of aromatic nitrogens is 1. The van der Waals surface area contributed by atoms with E-state index in [4.69, 9.17) is 16.3 Å². The summed E-state index contributed by atoms with van der Waals surface area (Å²) in [4.78, 5) is 0. The lowest BCUT2D eigenvalue weighted by Crippen LogP contribution is -2.13. The molecule has 1 heterocycles. The van der Waals surface area contributed by atoms with E-state index in [1.165, 1.54) is 23.8 Å². The van der Waals surface area contributed by atoms with Crippen LogP contribution in [0.4, 0.5) is 0 Å². The highest BCUT2D eigenvalue weighted by Crippen LogP contribution is 2.29. The first-order valence-corrected chi connectivity index (χ1v) is 8.21. The van der Waals surface area contributed by atoms with Crippen LogP contribution in [0.2, 0.25) is 5.02 Å². The maximum atomic E-state index is 6.15. The first-order valence-electron chi connectivity index (χ1n) is 7.83. The van der Waals surface area contributed by atoms with Gasteiger partial charge in [0.1, 0.15) is 6.73 Å². The molecule has 0 aliphatic heterocycles. The van der Waals surface area contributed by atoms with Crippen LogP contribution >= 0.6 is 11.6 Å². The molecule has 3 nitrogen and oxygen atoms in total. The van der Waals surface area contributed by atoms with Crippen molar-refractivity contribution in [2.24, 2.45) is 5.92 Å². The van der Waals surface area contributed by atoms with Gasteiger partial charge in [-0.2, -0.15) is 0 Å². The second-order valence-electron chi connectivity index (χ2n) is 5.91. The van der Waals surface area contributed by atoms with E-state index in [0.29, 0.717) is 6.73 Å². The zero-order valence-electron chi connectivity index (χ0n) is 12.6. The molecule has 0 saturated heterocycles. The van der Waals surface area contributed by atoms with Gasteiger partial charge < -0.3 is 14.6 Å². The van der Waals surface area contributed by atoms with Crippen LogP contribution in [0.3, 0.4) is 0 Å². The predicted octanol–water partition coefficient (Wildman–Crippen LogP) is 4.18. The molecule has 1 aromatic heterocycles. The zero-order valence-corrected chi connectivity index (χ0v) is 13.3. The van der Waals surface area contributed by atoms with Gasteiger partial charge in [-0.05, 0) is 49.4 Å². The van der Waals surface area contributed by atoms with Crippen LogP contribution in [0.15, 0.2) is 24.4 Å². The predicted molar refractivity (Wildman–Crippen MR) is 87.6 cm³/mol. The van der Waals surface area contributed by atoms with Crippen molar-refractivity contribution >= 4 is 22.5 Å². The number of rotatable bonds is 8. The Morgan fingerprint density at radius 3 is 3.00 bits per heavy atom. The monoisotopic (exact) mass is 306 g/mol. The maximum Gasteiger partial charge on any atom is 0.122 e. The normalized spacial score (nSPS) is 15.0. The van der Waals surface area contributed by atoms with Gasteiger partial charge in [0.15, 0.2) is 0 Å². The highest BCUT2D eigenvalue weighted by atomic mass is 35.5. The quantitative estimate of drug-likeness (QED) is 0.741. The first-order chi connectivity index (χ1) is 10.3. The van der Waals surface area contributed by atoms with Crippen LogP contribution in [0.25, 0.3) is 10.9 Å². The Morgan fingerprint density at radius 2 is 2.24 bits per heavy atom. The summed E-state index contributed by atoms with van der Waals surface area (Å²) in [6.45, 7) is 5.60. The van der Waals surface area contributed by atoms with E-state index < -0.39 is 0 Å². The first kappa shape index (κ1) is 14.9. The van der Waals surface area contributed by atoms with Gasteiger partial charge in [0.2, 0.25) is 0 Å². The van der Waals surface area contributed by atoms with Crippen LogP contribution in [0.1, 0.15) is 31.7 Å². The summed E-state index contributed by atoms with van der Waals surface area (Å²) < 4.78 is 8.00. The van der Waals surface area contributed by atoms with Gasteiger partial charge in [-0.1, -0.05) is 24.6 Å². The van der Waals surface area contributed by atoms with E-state index >= 15 is 0 Å². The highest BCUT2D eigenvalue weighted by molar-refractivity contribution is 6.31.